The summed E-state index contributed by atoms with van der Waals surface area (Å²) in [4.78, 5) is 15.5. The van der Waals surface area contributed by atoms with Crippen LogP contribution in [0.1, 0.15) is 31.9 Å². The smallest absolute Gasteiger partial charge is 0.141 e. The van der Waals surface area contributed by atoms with Crippen LogP contribution < -0.4 is 0 Å². The van der Waals surface area contributed by atoms with Gasteiger partial charge in [-0.3, -0.25) is 9.78 Å². The standard InChI is InChI=1S/C10H12BrNO/c1-3-10(13)7(2)9-5-4-8(11)6-12-9/h4-7H,3H2,1-2H3. The minimum Gasteiger partial charge on any atom is -0.299 e. The number of carbonyl (C=O) groups is 1. The molecule has 0 saturated carbocycles. The maximum atomic E-state index is 11.3. The maximum Gasteiger partial charge on any atom is 0.141 e. The molecule has 0 aliphatic rings. The normalized spacial score (nSPS) is 12.5. The molecule has 3 heteroatoms. The second kappa shape index (κ2) is 4.51. The zero-order chi connectivity index (χ0) is 9.84. The largest absolute Gasteiger partial charge is 0.299 e. The number of ketones is 1. The van der Waals surface area contributed by atoms with E-state index in [9.17, 15) is 4.79 Å². The van der Waals surface area contributed by atoms with Gasteiger partial charge in [0.05, 0.1) is 11.6 Å². The molecule has 0 N–H and O–H groups in total. The summed E-state index contributed by atoms with van der Waals surface area (Å²) in [5, 5.41) is 0. The number of pyridine rings is 1. The van der Waals surface area contributed by atoms with Gasteiger partial charge in [-0.15, -0.1) is 0 Å². The molecule has 1 aromatic heterocycles. The Bertz CT molecular complexity index is 294. The van der Waals surface area contributed by atoms with Crippen molar-refractivity contribution in [3.05, 3.63) is 28.5 Å². The molecule has 0 radical (unpaired) electrons. The van der Waals surface area contributed by atoms with E-state index in [0.29, 0.717) is 6.42 Å². The van der Waals surface area contributed by atoms with Crippen molar-refractivity contribution in [3.63, 3.8) is 0 Å². The van der Waals surface area contributed by atoms with E-state index in [1.807, 2.05) is 26.0 Å². The fraction of sp³-hybridized carbons (Fsp3) is 0.400. The zero-order valence-electron chi connectivity index (χ0n) is 7.75. The van der Waals surface area contributed by atoms with Gasteiger partial charge < -0.3 is 0 Å². The van der Waals surface area contributed by atoms with Gasteiger partial charge in [-0.2, -0.15) is 0 Å². The molecule has 1 atom stereocenters. The summed E-state index contributed by atoms with van der Waals surface area (Å²) >= 11 is 3.30. The average Bonchev–Trinajstić information content (AvgIpc) is 2.17. The van der Waals surface area contributed by atoms with Gasteiger partial charge in [0.25, 0.3) is 0 Å². The summed E-state index contributed by atoms with van der Waals surface area (Å²) in [7, 11) is 0. The molecule has 1 aromatic rings. The van der Waals surface area contributed by atoms with Crippen molar-refractivity contribution < 1.29 is 4.79 Å². The molecule has 13 heavy (non-hydrogen) atoms. The van der Waals surface area contributed by atoms with Crippen molar-refractivity contribution in [2.24, 2.45) is 0 Å². The first-order valence-corrected chi connectivity index (χ1v) is 5.08. The second-order valence-electron chi connectivity index (χ2n) is 2.94. The molecule has 70 valence electrons. The van der Waals surface area contributed by atoms with Crippen molar-refractivity contribution >= 4 is 21.7 Å². The summed E-state index contributed by atoms with van der Waals surface area (Å²) in [5.74, 6) is 0.146. The van der Waals surface area contributed by atoms with Gasteiger partial charge >= 0.3 is 0 Å². The van der Waals surface area contributed by atoms with Crippen molar-refractivity contribution in [2.75, 3.05) is 0 Å². The molecule has 0 saturated heterocycles. The van der Waals surface area contributed by atoms with Crippen LogP contribution in [-0.2, 0) is 4.79 Å². The summed E-state index contributed by atoms with van der Waals surface area (Å²) < 4.78 is 0.937. The lowest BCUT2D eigenvalue weighted by Crippen LogP contribution is -2.08. The molecule has 0 bridgehead atoms. The Labute approximate surface area is 86.5 Å². The molecule has 0 aromatic carbocycles. The lowest BCUT2D eigenvalue weighted by atomic mass is 10.0. The highest BCUT2D eigenvalue weighted by Crippen LogP contribution is 2.17. The number of hydrogen-bond donors (Lipinski definition) is 0. The minimum atomic E-state index is -0.0851. The monoisotopic (exact) mass is 241 g/mol. The van der Waals surface area contributed by atoms with Gasteiger partial charge in [0.2, 0.25) is 0 Å². The third kappa shape index (κ3) is 2.62. The van der Waals surface area contributed by atoms with Gasteiger partial charge in [0.1, 0.15) is 5.78 Å². The Morgan fingerprint density at radius 2 is 2.31 bits per heavy atom. The topological polar surface area (TPSA) is 30.0 Å². The van der Waals surface area contributed by atoms with Gasteiger partial charge in [-0.05, 0) is 35.0 Å². The summed E-state index contributed by atoms with van der Waals surface area (Å²) in [6.07, 6.45) is 2.29. The van der Waals surface area contributed by atoms with Crippen LogP contribution in [0.25, 0.3) is 0 Å². The molecular weight excluding hydrogens is 230 g/mol. The van der Waals surface area contributed by atoms with Crippen molar-refractivity contribution in [3.8, 4) is 0 Å². The molecule has 0 aliphatic heterocycles. The molecule has 1 heterocycles. The third-order valence-corrected chi connectivity index (χ3v) is 2.49. The molecule has 0 fully saturated rings. The highest BCUT2D eigenvalue weighted by Gasteiger charge is 2.13. The van der Waals surface area contributed by atoms with Gasteiger partial charge in [-0.25, -0.2) is 0 Å². The Morgan fingerprint density at radius 3 is 2.77 bits per heavy atom. The number of aromatic nitrogens is 1. The Balaban J connectivity index is 2.83. The first kappa shape index (κ1) is 10.4. The summed E-state index contributed by atoms with van der Waals surface area (Å²) in [5.41, 5.74) is 0.843. The molecule has 0 aliphatic carbocycles. The Morgan fingerprint density at radius 1 is 1.62 bits per heavy atom. The van der Waals surface area contributed by atoms with E-state index in [1.165, 1.54) is 0 Å². The quantitative estimate of drug-likeness (QED) is 0.815. The molecule has 0 spiro atoms. The molecule has 1 unspecified atom stereocenters. The second-order valence-corrected chi connectivity index (χ2v) is 3.86. The van der Waals surface area contributed by atoms with Crippen molar-refractivity contribution in [1.82, 2.24) is 4.98 Å². The van der Waals surface area contributed by atoms with E-state index in [4.69, 9.17) is 0 Å². The molecule has 0 amide bonds. The number of halogens is 1. The van der Waals surface area contributed by atoms with Crippen LogP contribution in [-0.4, -0.2) is 10.8 Å². The van der Waals surface area contributed by atoms with E-state index in [1.54, 1.807) is 6.20 Å². The number of nitrogens with zero attached hydrogens (tertiary/aromatic N) is 1. The number of rotatable bonds is 3. The van der Waals surface area contributed by atoms with Crippen LogP contribution in [0.4, 0.5) is 0 Å². The van der Waals surface area contributed by atoms with E-state index >= 15 is 0 Å². The predicted molar refractivity (Wildman–Crippen MR) is 55.7 cm³/mol. The Hall–Kier alpha value is -0.700. The maximum absolute atomic E-state index is 11.3. The van der Waals surface area contributed by atoms with E-state index in [-0.39, 0.29) is 11.7 Å². The van der Waals surface area contributed by atoms with E-state index in [0.717, 1.165) is 10.2 Å². The average molecular weight is 242 g/mol. The van der Waals surface area contributed by atoms with Crippen LogP contribution in [0.2, 0.25) is 0 Å². The summed E-state index contributed by atoms with van der Waals surface area (Å²) in [6, 6.07) is 3.78. The first-order valence-electron chi connectivity index (χ1n) is 4.29. The third-order valence-electron chi connectivity index (χ3n) is 2.03. The van der Waals surface area contributed by atoms with Crippen LogP contribution in [0, 0.1) is 0 Å². The number of Topliss-reactive ketones (excluding diaryl/α,β-unsaturated/α-hetero) is 1. The fourth-order valence-corrected chi connectivity index (χ4v) is 1.35. The van der Waals surface area contributed by atoms with E-state index < -0.39 is 0 Å². The van der Waals surface area contributed by atoms with Crippen LogP contribution in [0.3, 0.4) is 0 Å². The highest BCUT2D eigenvalue weighted by molar-refractivity contribution is 9.10. The number of carbonyl (C=O) groups excluding carboxylic acids is 1. The van der Waals surface area contributed by atoms with Gasteiger partial charge in [-0.1, -0.05) is 6.92 Å². The predicted octanol–water partition coefficient (Wildman–Crippen LogP) is 2.93. The van der Waals surface area contributed by atoms with Crippen molar-refractivity contribution in [2.45, 2.75) is 26.2 Å². The van der Waals surface area contributed by atoms with Gasteiger partial charge in [0, 0.05) is 17.1 Å². The lowest BCUT2D eigenvalue weighted by molar-refractivity contribution is -0.119. The first-order chi connectivity index (χ1) is 6.15. The van der Waals surface area contributed by atoms with Gasteiger partial charge in [0.15, 0.2) is 0 Å². The molecule has 2 nitrogen and oxygen atoms in total. The summed E-state index contributed by atoms with van der Waals surface area (Å²) in [6.45, 7) is 3.76. The molecular formula is C10H12BrNO. The van der Waals surface area contributed by atoms with Crippen LogP contribution in [0.5, 0.6) is 0 Å². The van der Waals surface area contributed by atoms with Crippen LogP contribution >= 0.6 is 15.9 Å². The van der Waals surface area contributed by atoms with Crippen LogP contribution in [0.15, 0.2) is 22.8 Å². The SMILES string of the molecule is CCC(=O)C(C)c1ccc(Br)cn1. The molecule has 1 rings (SSSR count). The zero-order valence-corrected chi connectivity index (χ0v) is 9.34. The minimum absolute atomic E-state index is 0.0851. The van der Waals surface area contributed by atoms with E-state index in [2.05, 4.69) is 20.9 Å². The highest BCUT2D eigenvalue weighted by atomic mass is 79.9. The lowest BCUT2D eigenvalue weighted by Gasteiger charge is -2.07. The number of hydrogen-bond acceptors (Lipinski definition) is 2. The van der Waals surface area contributed by atoms with Crippen molar-refractivity contribution in [1.29, 1.82) is 0 Å². The Kier molecular flexibility index (Phi) is 3.60. The fourth-order valence-electron chi connectivity index (χ4n) is 1.11.